The van der Waals surface area contributed by atoms with Crippen molar-refractivity contribution in [3.63, 3.8) is 0 Å². The van der Waals surface area contributed by atoms with E-state index in [0.717, 1.165) is 5.69 Å². The summed E-state index contributed by atoms with van der Waals surface area (Å²) in [5.74, 6) is 1.04. The number of aryl methyl sites for hydroxylation is 1. The van der Waals surface area contributed by atoms with E-state index >= 15 is 0 Å². The maximum absolute atomic E-state index is 12.5. The highest BCUT2D eigenvalue weighted by atomic mass is 16.5. The maximum atomic E-state index is 12.5. The van der Waals surface area contributed by atoms with E-state index in [1.54, 1.807) is 40.6 Å². The summed E-state index contributed by atoms with van der Waals surface area (Å²) in [6.07, 6.45) is 3.07. The first-order valence-corrected chi connectivity index (χ1v) is 6.94. The number of rotatable bonds is 4. The van der Waals surface area contributed by atoms with Gasteiger partial charge in [-0.25, -0.2) is 0 Å². The SMILES string of the molecule is COc1ccc(C(=O)Nc2c(-n3cnnc3)nn(C)c2C)cc1. The molecule has 0 saturated carbocycles. The molecule has 0 spiro atoms. The molecule has 8 heteroatoms. The summed E-state index contributed by atoms with van der Waals surface area (Å²) in [5.41, 5.74) is 1.98. The van der Waals surface area contributed by atoms with E-state index in [-0.39, 0.29) is 5.91 Å². The first kappa shape index (κ1) is 14.8. The average Bonchev–Trinajstić information content (AvgIpc) is 3.19. The minimum Gasteiger partial charge on any atom is -0.497 e. The Morgan fingerprint density at radius 3 is 2.43 bits per heavy atom. The van der Waals surface area contributed by atoms with Gasteiger partial charge in [-0.15, -0.1) is 10.2 Å². The molecule has 3 rings (SSSR count). The maximum Gasteiger partial charge on any atom is 0.255 e. The molecule has 1 N–H and O–H groups in total. The molecule has 0 saturated heterocycles. The normalized spacial score (nSPS) is 10.6. The molecule has 0 bridgehead atoms. The van der Waals surface area contributed by atoms with Gasteiger partial charge in [0.2, 0.25) is 0 Å². The number of ether oxygens (including phenoxy) is 1. The Morgan fingerprint density at radius 2 is 1.83 bits per heavy atom. The largest absolute Gasteiger partial charge is 0.497 e. The summed E-state index contributed by atoms with van der Waals surface area (Å²) in [6, 6.07) is 6.90. The van der Waals surface area contributed by atoms with Gasteiger partial charge in [0.25, 0.3) is 5.91 Å². The van der Waals surface area contributed by atoms with Gasteiger partial charge in [-0.1, -0.05) is 0 Å². The van der Waals surface area contributed by atoms with E-state index in [0.29, 0.717) is 22.8 Å². The summed E-state index contributed by atoms with van der Waals surface area (Å²) in [4.78, 5) is 12.5. The first-order chi connectivity index (χ1) is 11.1. The van der Waals surface area contributed by atoms with E-state index < -0.39 is 0 Å². The van der Waals surface area contributed by atoms with Crippen LogP contribution in [0.1, 0.15) is 16.1 Å². The highest BCUT2D eigenvalue weighted by Gasteiger charge is 2.18. The van der Waals surface area contributed by atoms with Crippen molar-refractivity contribution in [2.24, 2.45) is 7.05 Å². The second kappa shape index (κ2) is 5.91. The first-order valence-electron chi connectivity index (χ1n) is 6.94. The number of hydrogen-bond donors (Lipinski definition) is 1. The van der Waals surface area contributed by atoms with E-state index in [4.69, 9.17) is 4.74 Å². The Hall–Kier alpha value is -3.16. The van der Waals surface area contributed by atoms with Crippen LogP contribution in [0.4, 0.5) is 5.69 Å². The molecule has 3 aromatic rings. The number of hydrogen-bond acceptors (Lipinski definition) is 5. The Morgan fingerprint density at radius 1 is 1.17 bits per heavy atom. The van der Waals surface area contributed by atoms with Crippen LogP contribution in [0, 0.1) is 6.92 Å². The van der Waals surface area contributed by atoms with Crippen LogP contribution in [-0.4, -0.2) is 37.6 Å². The predicted molar refractivity (Wildman–Crippen MR) is 83.8 cm³/mol. The van der Waals surface area contributed by atoms with Crippen molar-refractivity contribution < 1.29 is 9.53 Å². The number of carbonyl (C=O) groups excluding carboxylic acids is 1. The summed E-state index contributed by atoms with van der Waals surface area (Å²) in [7, 11) is 3.39. The fourth-order valence-electron chi connectivity index (χ4n) is 2.16. The van der Waals surface area contributed by atoms with E-state index in [2.05, 4.69) is 20.6 Å². The van der Waals surface area contributed by atoms with Gasteiger partial charge in [0.05, 0.1) is 12.8 Å². The van der Waals surface area contributed by atoms with Crippen molar-refractivity contribution in [2.75, 3.05) is 12.4 Å². The molecule has 2 aromatic heterocycles. The number of nitrogens with zero attached hydrogens (tertiary/aromatic N) is 5. The lowest BCUT2D eigenvalue weighted by atomic mass is 10.2. The number of methoxy groups -OCH3 is 1. The number of nitrogens with one attached hydrogen (secondary N) is 1. The second-order valence-corrected chi connectivity index (χ2v) is 4.96. The third-order valence-electron chi connectivity index (χ3n) is 3.57. The molecule has 118 valence electrons. The number of anilines is 1. The smallest absolute Gasteiger partial charge is 0.255 e. The zero-order valence-corrected chi connectivity index (χ0v) is 13.0. The van der Waals surface area contributed by atoms with Gasteiger partial charge >= 0.3 is 0 Å². The van der Waals surface area contributed by atoms with Gasteiger partial charge < -0.3 is 10.1 Å². The lowest BCUT2D eigenvalue weighted by molar-refractivity contribution is 0.102. The van der Waals surface area contributed by atoms with Crippen LogP contribution < -0.4 is 10.1 Å². The molecular formula is C15H16N6O2. The standard InChI is InChI=1S/C15H16N6O2/c1-10-13(14(19-20(10)2)21-8-16-17-9-21)18-15(22)11-4-6-12(23-3)7-5-11/h4-9H,1-3H3,(H,18,22). The van der Waals surface area contributed by atoms with Gasteiger partial charge in [-0.05, 0) is 31.2 Å². The van der Waals surface area contributed by atoms with Gasteiger partial charge in [-0.3, -0.25) is 14.0 Å². The summed E-state index contributed by atoms with van der Waals surface area (Å²) >= 11 is 0. The van der Waals surface area contributed by atoms with E-state index in [1.165, 1.54) is 12.7 Å². The Kier molecular flexibility index (Phi) is 3.80. The fraction of sp³-hybridized carbons (Fsp3) is 0.200. The fourth-order valence-corrected chi connectivity index (χ4v) is 2.16. The van der Waals surface area contributed by atoms with Crippen LogP contribution in [-0.2, 0) is 7.05 Å². The lowest BCUT2D eigenvalue weighted by Gasteiger charge is -2.07. The van der Waals surface area contributed by atoms with E-state index in [1.807, 2.05) is 14.0 Å². The highest BCUT2D eigenvalue weighted by molar-refractivity contribution is 6.05. The lowest BCUT2D eigenvalue weighted by Crippen LogP contribution is -2.13. The van der Waals surface area contributed by atoms with Crippen LogP contribution >= 0.6 is 0 Å². The zero-order chi connectivity index (χ0) is 16.4. The van der Waals surface area contributed by atoms with Crippen molar-refractivity contribution in [3.8, 4) is 11.6 Å². The van der Waals surface area contributed by atoms with Crippen LogP contribution in [0.15, 0.2) is 36.9 Å². The molecule has 2 heterocycles. The second-order valence-electron chi connectivity index (χ2n) is 4.96. The molecule has 23 heavy (non-hydrogen) atoms. The van der Waals surface area contributed by atoms with Gasteiger partial charge in [0.1, 0.15) is 24.1 Å². The minimum atomic E-state index is -0.224. The van der Waals surface area contributed by atoms with Crippen LogP contribution in [0.25, 0.3) is 5.82 Å². The highest BCUT2D eigenvalue weighted by Crippen LogP contribution is 2.24. The van der Waals surface area contributed by atoms with E-state index in [9.17, 15) is 4.79 Å². The number of benzene rings is 1. The molecule has 0 unspecified atom stereocenters. The van der Waals surface area contributed by atoms with Crippen molar-refractivity contribution in [1.82, 2.24) is 24.5 Å². The van der Waals surface area contributed by atoms with Crippen LogP contribution in [0.2, 0.25) is 0 Å². The quantitative estimate of drug-likeness (QED) is 0.790. The third kappa shape index (κ3) is 2.78. The molecule has 0 aliphatic heterocycles. The Balaban J connectivity index is 1.91. The van der Waals surface area contributed by atoms with Crippen molar-refractivity contribution >= 4 is 11.6 Å². The number of carbonyl (C=O) groups is 1. The molecule has 8 nitrogen and oxygen atoms in total. The Bertz CT molecular complexity index is 821. The predicted octanol–water partition coefficient (Wildman–Crippen LogP) is 1.57. The molecule has 0 aliphatic carbocycles. The number of aromatic nitrogens is 5. The van der Waals surface area contributed by atoms with Crippen molar-refractivity contribution in [2.45, 2.75) is 6.92 Å². The van der Waals surface area contributed by atoms with Crippen LogP contribution in [0.5, 0.6) is 5.75 Å². The monoisotopic (exact) mass is 312 g/mol. The summed E-state index contributed by atoms with van der Waals surface area (Å²) in [6.45, 7) is 1.88. The number of amides is 1. The van der Waals surface area contributed by atoms with Gasteiger partial charge in [0, 0.05) is 12.6 Å². The molecule has 0 atom stereocenters. The minimum absolute atomic E-state index is 0.224. The Labute approximate surface area is 132 Å². The molecular weight excluding hydrogens is 296 g/mol. The zero-order valence-electron chi connectivity index (χ0n) is 13.0. The molecule has 0 radical (unpaired) electrons. The third-order valence-corrected chi connectivity index (χ3v) is 3.57. The van der Waals surface area contributed by atoms with Gasteiger partial charge in [-0.2, -0.15) is 5.10 Å². The average molecular weight is 312 g/mol. The molecule has 0 aliphatic rings. The van der Waals surface area contributed by atoms with Crippen molar-refractivity contribution in [3.05, 3.63) is 48.2 Å². The summed E-state index contributed by atoms with van der Waals surface area (Å²) in [5, 5.41) is 14.8. The molecule has 0 fully saturated rings. The van der Waals surface area contributed by atoms with Crippen molar-refractivity contribution in [1.29, 1.82) is 0 Å². The summed E-state index contributed by atoms with van der Waals surface area (Å²) < 4.78 is 8.44. The topological polar surface area (TPSA) is 86.9 Å². The molecule has 1 amide bonds. The van der Waals surface area contributed by atoms with Gasteiger partial charge in [0.15, 0.2) is 5.82 Å². The molecule has 1 aromatic carbocycles. The van der Waals surface area contributed by atoms with Crippen LogP contribution in [0.3, 0.4) is 0 Å².